The Bertz CT molecular complexity index is 1550. The second-order valence-electron chi connectivity index (χ2n) is 12.6. The lowest BCUT2D eigenvalue weighted by Gasteiger charge is -2.46. The van der Waals surface area contributed by atoms with Crippen LogP contribution in [0.2, 0.25) is 0 Å². The fourth-order valence-corrected chi connectivity index (χ4v) is 6.22. The summed E-state index contributed by atoms with van der Waals surface area (Å²) in [5.74, 6) is 0. The highest BCUT2D eigenvalue weighted by atomic mass is 16.7. The van der Waals surface area contributed by atoms with Crippen LogP contribution in [-0.4, -0.2) is 95.1 Å². The van der Waals surface area contributed by atoms with E-state index in [0.29, 0.717) is 0 Å². The second-order valence-corrected chi connectivity index (χ2v) is 12.6. The highest BCUT2D eigenvalue weighted by Crippen LogP contribution is 2.32. The summed E-state index contributed by atoms with van der Waals surface area (Å²) in [4.78, 5) is 0. The van der Waals surface area contributed by atoms with Gasteiger partial charge in [-0.25, -0.2) is 0 Å². The maximum absolute atomic E-state index is 11.4. The van der Waals surface area contributed by atoms with Gasteiger partial charge in [0.15, 0.2) is 12.6 Å². The first-order valence-electron chi connectivity index (χ1n) is 17.2. The molecule has 0 saturated carbocycles. The Kier molecular flexibility index (Phi) is 13.7. The molecule has 2 saturated heterocycles. The molecule has 0 radical (unpaired) electrons. The molecule has 2 fully saturated rings. The third kappa shape index (κ3) is 10.1. The van der Waals surface area contributed by atoms with E-state index in [1.165, 1.54) is 0 Å². The average Bonchev–Trinajstić information content (AvgIpc) is 3.17. The minimum Gasteiger partial charge on any atom is -0.394 e. The molecular weight excluding hydrogens is 656 g/mol. The Morgan fingerprint density at radius 3 is 1.29 bits per heavy atom. The predicted molar refractivity (Wildman–Crippen MR) is 185 cm³/mol. The van der Waals surface area contributed by atoms with Gasteiger partial charge in [-0.3, -0.25) is 0 Å². The molecule has 0 amide bonds. The number of aliphatic hydroxyl groups excluding tert-OH is 4. The smallest absolute Gasteiger partial charge is 0.187 e. The van der Waals surface area contributed by atoms with E-state index in [0.717, 1.165) is 22.3 Å². The van der Waals surface area contributed by atoms with Crippen LogP contribution in [0.4, 0.5) is 0 Å². The molecule has 0 aromatic heterocycles. The summed E-state index contributed by atoms with van der Waals surface area (Å²) in [6, 6.07) is 38.3. The van der Waals surface area contributed by atoms with Gasteiger partial charge in [0.05, 0.1) is 39.6 Å². The largest absolute Gasteiger partial charge is 0.394 e. The molecule has 51 heavy (non-hydrogen) atoms. The topological polar surface area (TPSA) is 146 Å². The van der Waals surface area contributed by atoms with Gasteiger partial charge in [0.25, 0.3) is 0 Å². The zero-order valence-corrected chi connectivity index (χ0v) is 28.2. The molecule has 0 bridgehead atoms. The van der Waals surface area contributed by atoms with Crippen molar-refractivity contribution in [1.29, 1.82) is 0 Å². The SMILES string of the molecule is OC[C@H]1OC(OC[C@H]2O[C@H](O)[C@H](OCc3ccccc3)[C@@H](OCc3ccccc3)[C@@H]2OCc2ccccc2)[C@H](OCc2ccccc2)[C@@H](O)[C@@H]1O. The van der Waals surface area contributed by atoms with Gasteiger partial charge in [-0.1, -0.05) is 121 Å². The molecule has 11 nitrogen and oxygen atoms in total. The van der Waals surface area contributed by atoms with E-state index in [-0.39, 0.29) is 33.0 Å². The first kappa shape index (κ1) is 37.2. The highest BCUT2D eigenvalue weighted by molar-refractivity contribution is 5.16. The summed E-state index contributed by atoms with van der Waals surface area (Å²) >= 11 is 0. The van der Waals surface area contributed by atoms with Gasteiger partial charge in [-0.2, -0.15) is 0 Å². The van der Waals surface area contributed by atoms with Crippen LogP contribution in [0.3, 0.4) is 0 Å². The maximum Gasteiger partial charge on any atom is 0.187 e. The van der Waals surface area contributed by atoms with Crippen LogP contribution >= 0.6 is 0 Å². The molecular formula is C40H46O11. The van der Waals surface area contributed by atoms with E-state index in [9.17, 15) is 20.4 Å². The van der Waals surface area contributed by atoms with Crippen molar-refractivity contribution < 1.29 is 53.6 Å². The summed E-state index contributed by atoms with van der Waals surface area (Å²) in [7, 11) is 0. The molecule has 11 heteroatoms. The minimum absolute atomic E-state index is 0.111. The van der Waals surface area contributed by atoms with Gasteiger partial charge in [-0.15, -0.1) is 0 Å². The summed E-state index contributed by atoms with van der Waals surface area (Å²) < 4.78 is 43.7. The molecule has 0 aliphatic carbocycles. The fourth-order valence-electron chi connectivity index (χ4n) is 6.22. The quantitative estimate of drug-likeness (QED) is 0.136. The molecule has 2 aliphatic rings. The third-order valence-corrected chi connectivity index (χ3v) is 9.00. The van der Waals surface area contributed by atoms with Gasteiger partial charge >= 0.3 is 0 Å². The van der Waals surface area contributed by atoms with E-state index in [2.05, 4.69) is 0 Å². The van der Waals surface area contributed by atoms with Crippen LogP contribution in [0.25, 0.3) is 0 Å². The second kappa shape index (κ2) is 18.8. The van der Waals surface area contributed by atoms with Crippen LogP contribution in [0.15, 0.2) is 121 Å². The van der Waals surface area contributed by atoms with Gasteiger partial charge in [-0.05, 0) is 22.3 Å². The molecule has 4 aromatic carbocycles. The number of aliphatic hydroxyl groups is 4. The number of ether oxygens (including phenoxy) is 7. The summed E-state index contributed by atoms with van der Waals surface area (Å²) in [5.41, 5.74) is 3.59. The third-order valence-electron chi connectivity index (χ3n) is 9.00. The molecule has 2 aliphatic heterocycles. The Morgan fingerprint density at radius 2 is 0.843 bits per heavy atom. The van der Waals surface area contributed by atoms with E-state index >= 15 is 0 Å². The summed E-state index contributed by atoms with van der Waals surface area (Å²) in [6.07, 6.45) is -11.2. The molecule has 0 spiro atoms. The van der Waals surface area contributed by atoms with Crippen LogP contribution in [0.5, 0.6) is 0 Å². The average molecular weight is 703 g/mol. The number of hydrogen-bond donors (Lipinski definition) is 4. The molecule has 6 rings (SSSR count). The van der Waals surface area contributed by atoms with Crippen molar-refractivity contribution in [2.24, 2.45) is 0 Å². The monoisotopic (exact) mass is 702 g/mol. The predicted octanol–water partition coefficient (Wildman–Crippen LogP) is 3.50. The number of hydrogen-bond acceptors (Lipinski definition) is 11. The maximum atomic E-state index is 11.4. The lowest BCUT2D eigenvalue weighted by molar-refractivity contribution is -0.342. The van der Waals surface area contributed by atoms with E-state index in [1.54, 1.807) is 0 Å². The molecule has 4 N–H and O–H groups in total. The summed E-state index contributed by atoms with van der Waals surface area (Å²) in [6.45, 7) is -0.0169. The van der Waals surface area contributed by atoms with Crippen molar-refractivity contribution in [2.45, 2.75) is 87.8 Å². The number of benzene rings is 4. The molecule has 1 unspecified atom stereocenters. The summed E-state index contributed by atoms with van der Waals surface area (Å²) in [5, 5.41) is 43.1. The van der Waals surface area contributed by atoms with Gasteiger partial charge in [0.2, 0.25) is 0 Å². The first-order chi connectivity index (χ1) is 25.0. The Labute approximate surface area is 297 Å². The van der Waals surface area contributed by atoms with Gasteiger partial charge in [0.1, 0.15) is 48.8 Å². The van der Waals surface area contributed by atoms with E-state index in [4.69, 9.17) is 33.2 Å². The highest BCUT2D eigenvalue weighted by Gasteiger charge is 2.50. The molecule has 10 atom stereocenters. The van der Waals surface area contributed by atoms with Crippen LogP contribution < -0.4 is 0 Å². The van der Waals surface area contributed by atoms with Crippen LogP contribution in [-0.2, 0) is 59.6 Å². The van der Waals surface area contributed by atoms with Gasteiger partial charge < -0.3 is 53.6 Å². The minimum atomic E-state index is -1.43. The Morgan fingerprint density at radius 1 is 0.431 bits per heavy atom. The Hall–Kier alpha value is -3.56. The first-order valence-corrected chi connectivity index (χ1v) is 17.2. The fraction of sp³-hybridized carbons (Fsp3) is 0.400. The van der Waals surface area contributed by atoms with Crippen molar-refractivity contribution in [3.8, 4) is 0 Å². The zero-order valence-electron chi connectivity index (χ0n) is 28.2. The van der Waals surface area contributed by atoms with Crippen molar-refractivity contribution in [1.82, 2.24) is 0 Å². The molecule has 2 heterocycles. The van der Waals surface area contributed by atoms with E-state index in [1.807, 2.05) is 121 Å². The standard InChI is InChI=1S/C40H46O11/c41-21-31-33(42)34(43)36(46-23-28-15-7-2-8-16-28)40(51-31)49-26-32-35(45-22-27-13-5-1-6-14-27)37(47-24-29-17-9-3-10-18-29)38(39(44)50-32)48-25-30-19-11-4-12-20-30/h1-20,31-44H,21-26H2/t31-,32-,33-,34+,35-,36-,37+,38-,39+,40?/m1/s1. The zero-order chi connectivity index (χ0) is 35.4. The lowest BCUT2D eigenvalue weighted by Crippen LogP contribution is -2.63. The van der Waals surface area contributed by atoms with Crippen molar-refractivity contribution in [3.63, 3.8) is 0 Å². The van der Waals surface area contributed by atoms with Crippen LogP contribution in [0.1, 0.15) is 22.3 Å². The lowest BCUT2D eigenvalue weighted by atomic mass is 9.97. The Balaban J connectivity index is 1.24. The van der Waals surface area contributed by atoms with Crippen molar-refractivity contribution in [2.75, 3.05) is 13.2 Å². The van der Waals surface area contributed by atoms with E-state index < -0.39 is 68.0 Å². The molecule has 272 valence electrons. The molecule has 4 aromatic rings. The van der Waals surface area contributed by atoms with Crippen LogP contribution in [0, 0.1) is 0 Å². The van der Waals surface area contributed by atoms with Crippen molar-refractivity contribution in [3.05, 3.63) is 144 Å². The van der Waals surface area contributed by atoms with Crippen molar-refractivity contribution >= 4 is 0 Å². The van der Waals surface area contributed by atoms with Gasteiger partial charge in [0, 0.05) is 0 Å². The normalized spacial score (nSPS) is 29.5. The number of rotatable bonds is 16.